The summed E-state index contributed by atoms with van der Waals surface area (Å²) >= 11 is 11.6. The Hall–Kier alpha value is -1.52. The molecule has 1 heterocycles. The summed E-state index contributed by atoms with van der Waals surface area (Å²) in [4.78, 5) is 8.08. The molecule has 2 N–H and O–H groups in total. The van der Waals surface area contributed by atoms with E-state index in [0.717, 1.165) is 0 Å². The Morgan fingerprint density at radius 3 is 2.71 bits per heavy atom. The highest BCUT2D eigenvalue weighted by atomic mass is 35.5. The van der Waals surface area contributed by atoms with Crippen molar-refractivity contribution in [2.75, 3.05) is 12.8 Å². The predicted octanol–water partition coefficient (Wildman–Crippen LogP) is 3.04. The number of nitrogens with two attached hydrogens (primary N) is 1. The molecule has 2 rings (SSSR count). The Morgan fingerprint density at radius 1 is 1.29 bits per heavy atom. The number of anilines is 1. The zero-order chi connectivity index (χ0) is 12.4. The van der Waals surface area contributed by atoms with Gasteiger partial charge < -0.3 is 10.5 Å². The highest BCUT2D eigenvalue weighted by Crippen LogP contribution is 2.33. The second-order valence-electron chi connectivity index (χ2n) is 3.27. The lowest BCUT2D eigenvalue weighted by Gasteiger charge is -2.09. The van der Waals surface area contributed by atoms with Gasteiger partial charge >= 0.3 is 0 Å². The maximum Gasteiger partial charge on any atom is 0.151 e. The summed E-state index contributed by atoms with van der Waals surface area (Å²) < 4.78 is 5.23. The Balaban J connectivity index is 2.62. The van der Waals surface area contributed by atoms with Crippen LogP contribution in [0, 0.1) is 0 Å². The third kappa shape index (κ3) is 2.43. The summed E-state index contributed by atoms with van der Waals surface area (Å²) in [6.45, 7) is 0. The lowest BCUT2D eigenvalue weighted by molar-refractivity contribution is 0.416. The monoisotopic (exact) mass is 269 g/mol. The third-order valence-electron chi connectivity index (χ3n) is 2.19. The summed E-state index contributed by atoms with van der Waals surface area (Å²) in [7, 11) is 1.56. The van der Waals surface area contributed by atoms with Crippen molar-refractivity contribution < 1.29 is 4.74 Å². The maximum absolute atomic E-state index is 5.94. The van der Waals surface area contributed by atoms with E-state index in [1.807, 2.05) is 0 Å². The van der Waals surface area contributed by atoms with Gasteiger partial charge in [0, 0.05) is 10.6 Å². The number of halogens is 2. The highest BCUT2D eigenvalue weighted by Gasteiger charge is 2.12. The van der Waals surface area contributed by atoms with Gasteiger partial charge in [0.15, 0.2) is 5.82 Å². The van der Waals surface area contributed by atoms with Gasteiger partial charge in [-0.1, -0.05) is 23.2 Å². The molecule has 0 amide bonds. The van der Waals surface area contributed by atoms with Crippen LogP contribution >= 0.6 is 23.2 Å². The zero-order valence-corrected chi connectivity index (χ0v) is 10.5. The summed E-state index contributed by atoms with van der Waals surface area (Å²) in [5.41, 5.74) is 6.95. The van der Waals surface area contributed by atoms with Crippen LogP contribution in [0.25, 0.3) is 11.3 Å². The van der Waals surface area contributed by atoms with E-state index in [1.54, 1.807) is 25.3 Å². The summed E-state index contributed by atoms with van der Waals surface area (Å²) in [5.74, 6) is 0.857. The van der Waals surface area contributed by atoms with Crippen LogP contribution in [0.4, 0.5) is 5.82 Å². The molecule has 1 aromatic carbocycles. The smallest absolute Gasteiger partial charge is 0.151 e. The summed E-state index contributed by atoms with van der Waals surface area (Å²) in [5, 5.41) is 0.809. The van der Waals surface area contributed by atoms with E-state index in [0.29, 0.717) is 22.0 Å². The standard InChI is InChI=1S/C11H9Cl2N3O/c1-17-8-3-2-6(12)4-7(8)10-11(14)16-9(13)5-15-10/h2-5H,1H3,(H2,14,16). The van der Waals surface area contributed by atoms with Gasteiger partial charge in [0.25, 0.3) is 0 Å². The minimum absolute atomic E-state index is 0.234. The van der Waals surface area contributed by atoms with Crippen LogP contribution in [-0.4, -0.2) is 17.1 Å². The molecule has 4 nitrogen and oxygen atoms in total. The second kappa shape index (κ2) is 4.77. The number of rotatable bonds is 2. The number of ether oxygens (including phenoxy) is 1. The number of benzene rings is 1. The molecular weight excluding hydrogens is 261 g/mol. The number of hydrogen-bond acceptors (Lipinski definition) is 4. The van der Waals surface area contributed by atoms with Crippen LogP contribution in [0.3, 0.4) is 0 Å². The topological polar surface area (TPSA) is 61.0 Å². The van der Waals surface area contributed by atoms with Crippen molar-refractivity contribution in [2.24, 2.45) is 0 Å². The SMILES string of the molecule is COc1ccc(Cl)cc1-c1ncc(Cl)nc1N. The van der Waals surface area contributed by atoms with Gasteiger partial charge in [-0.25, -0.2) is 9.97 Å². The molecule has 0 unspecified atom stereocenters. The third-order valence-corrected chi connectivity index (χ3v) is 2.60. The van der Waals surface area contributed by atoms with Crippen molar-refractivity contribution in [3.63, 3.8) is 0 Å². The minimum Gasteiger partial charge on any atom is -0.496 e. The molecule has 0 aliphatic carbocycles. The Kier molecular flexibility index (Phi) is 3.36. The van der Waals surface area contributed by atoms with Gasteiger partial charge in [0.1, 0.15) is 16.6 Å². The number of nitrogens with zero attached hydrogens (tertiary/aromatic N) is 2. The van der Waals surface area contributed by atoms with Crippen molar-refractivity contribution in [3.05, 3.63) is 34.6 Å². The van der Waals surface area contributed by atoms with E-state index >= 15 is 0 Å². The molecule has 17 heavy (non-hydrogen) atoms. The van der Waals surface area contributed by atoms with Gasteiger partial charge in [0.05, 0.1) is 13.3 Å². The molecule has 0 atom stereocenters. The van der Waals surface area contributed by atoms with Crippen molar-refractivity contribution in [2.45, 2.75) is 0 Å². The largest absolute Gasteiger partial charge is 0.496 e. The first kappa shape index (κ1) is 12.0. The van der Waals surface area contributed by atoms with E-state index in [2.05, 4.69) is 9.97 Å². The van der Waals surface area contributed by atoms with Gasteiger partial charge in [-0.2, -0.15) is 0 Å². The Labute approximate surface area is 108 Å². The van der Waals surface area contributed by atoms with Crippen molar-refractivity contribution in [1.82, 2.24) is 9.97 Å². The maximum atomic E-state index is 5.94. The van der Waals surface area contributed by atoms with E-state index in [9.17, 15) is 0 Å². The molecule has 0 fully saturated rings. The molecule has 1 aromatic heterocycles. The van der Waals surface area contributed by atoms with Crippen LogP contribution in [0.15, 0.2) is 24.4 Å². The highest BCUT2D eigenvalue weighted by molar-refractivity contribution is 6.31. The van der Waals surface area contributed by atoms with Gasteiger partial charge in [-0.15, -0.1) is 0 Å². The van der Waals surface area contributed by atoms with Crippen LogP contribution < -0.4 is 10.5 Å². The minimum atomic E-state index is 0.234. The average Bonchev–Trinajstić information content (AvgIpc) is 2.29. The van der Waals surface area contributed by atoms with Gasteiger partial charge in [-0.3, -0.25) is 0 Å². The fourth-order valence-electron chi connectivity index (χ4n) is 1.45. The average molecular weight is 270 g/mol. The number of methoxy groups -OCH3 is 1. The molecule has 0 spiro atoms. The lowest BCUT2D eigenvalue weighted by atomic mass is 10.1. The normalized spacial score (nSPS) is 10.3. The first-order valence-corrected chi connectivity index (χ1v) is 5.49. The van der Waals surface area contributed by atoms with Crippen LogP contribution in [0.1, 0.15) is 0 Å². The van der Waals surface area contributed by atoms with E-state index < -0.39 is 0 Å². The first-order chi connectivity index (χ1) is 8.11. The molecule has 88 valence electrons. The Bertz CT molecular complexity index is 560. The number of hydrogen-bond donors (Lipinski definition) is 1. The molecule has 0 aliphatic heterocycles. The van der Waals surface area contributed by atoms with Gasteiger partial charge in [-0.05, 0) is 18.2 Å². The van der Waals surface area contributed by atoms with E-state index in [-0.39, 0.29) is 11.0 Å². The quantitative estimate of drug-likeness (QED) is 0.911. The number of nitrogen functional groups attached to an aromatic ring is 1. The molecule has 0 radical (unpaired) electrons. The van der Waals surface area contributed by atoms with Crippen LogP contribution in [0.5, 0.6) is 5.75 Å². The molecule has 6 heteroatoms. The fourth-order valence-corrected chi connectivity index (χ4v) is 1.77. The van der Waals surface area contributed by atoms with Crippen LogP contribution in [-0.2, 0) is 0 Å². The molecule has 0 saturated carbocycles. The molecule has 0 bridgehead atoms. The van der Waals surface area contributed by atoms with Crippen LogP contribution in [0.2, 0.25) is 10.2 Å². The van der Waals surface area contributed by atoms with Crippen molar-refractivity contribution in [1.29, 1.82) is 0 Å². The Morgan fingerprint density at radius 2 is 2.06 bits per heavy atom. The lowest BCUT2D eigenvalue weighted by Crippen LogP contribution is -1.98. The van der Waals surface area contributed by atoms with Gasteiger partial charge in [0.2, 0.25) is 0 Å². The molecule has 0 saturated heterocycles. The first-order valence-electron chi connectivity index (χ1n) is 4.73. The fraction of sp³-hybridized carbons (Fsp3) is 0.0909. The molecule has 0 aliphatic rings. The van der Waals surface area contributed by atoms with E-state index in [1.165, 1.54) is 6.20 Å². The predicted molar refractivity (Wildman–Crippen MR) is 68.5 cm³/mol. The second-order valence-corrected chi connectivity index (χ2v) is 4.09. The molecule has 2 aromatic rings. The van der Waals surface area contributed by atoms with Crippen molar-refractivity contribution in [3.8, 4) is 17.0 Å². The summed E-state index contributed by atoms with van der Waals surface area (Å²) in [6, 6.07) is 5.19. The number of aromatic nitrogens is 2. The summed E-state index contributed by atoms with van der Waals surface area (Å²) in [6.07, 6.45) is 1.42. The van der Waals surface area contributed by atoms with Crippen molar-refractivity contribution >= 4 is 29.0 Å². The van der Waals surface area contributed by atoms with E-state index in [4.69, 9.17) is 33.7 Å². The molecular formula is C11H9Cl2N3O. The zero-order valence-electron chi connectivity index (χ0n) is 8.95.